The van der Waals surface area contributed by atoms with E-state index < -0.39 is 20.7 Å². The highest BCUT2D eigenvalue weighted by atomic mass is 28.4. The van der Waals surface area contributed by atoms with Gasteiger partial charge in [0.15, 0.2) is 6.29 Å². The van der Waals surface area contributed by atoms with E-state index in [1.54, 1.807) is 0 Å². The molecule has 0 unspecified atom stereocenters. The van der Waals surface area contributed by atoms with E-state index in [0.717, 1.165) is 5.56 Å². The standard InChI is InChI=1S/C22H38O4Si/c1-15(2)27(16(3)4,17(5)6)26-20-14-25-22(18(7)21(20)23)24-13-19-11-9-8-10-12-19/h8-12,15-18,20-23H,13-14H2,1-7H3/t18-,20+,21-,22-/m0/s1. The van der Waals surface area contributed by atoms with Gasteiger partial charge < -0.3 is 19.0 Å². The Kier molecular flexibility index (Phi) is 8.07. The molecule has 1 N–H and O–H groups in total. The molecule has 4 nitrogen and oxygen atoms in total. The van der Waals surface area contributed by atoms with Gasteiger partial charge in [0.1, 0.15) is 0 Å². The Hall–Kier alpha value is -0.723. The molecular weight excluding hydrogens is 356 g/mol. The fourth-order valence-electron chi connectivity index (χ4n) is 4.67. The minimum Gasteiger partial charge on any atom is -0.408 e. The zero-order chi connectivity index (χ0) is 20.2. The Bertz CT molecular complexity index is 539. The van der Waals surface area contributed by atoms with E-state index in [4.69, 9.17) is 13.9 Å². The molecule has 0 radical (unpaired) electrons. The second-order valence-electron chi connectivity index (χ2n) is 8.82. The quantitative estimate of drug-likeness (QED) is 0.622. The first-order chi connectivity index (χ1) is 12.7. The number of ether oxygens (including phenoxy) is 2. The first-order valence-electron chi connectivity index (χ1n) is 10.3. The zero-order valence-corrected chi connectivity index (χ0v) is 19.0. The largest absolute Gasteiger partial charge is 0.408 e. The van der Waals surface area contributed by atoms with Crippen LogP contribution in [-0.4, -0.2) is 38.5 Å². The van der Waals surface area contributed by atoms with E-state index in [9.17, 15) is 5.11 Å². The Balaban J connectivity index is 2.03. The lowest BCUT2D eigenvalue weighted by molar-refractivity contribution is -0.248. The minimum atomic E-state index is -2.06. The summed E-state index contributed by atoms with van der Waals surface area (Å²) in [6.45, 7) is 16.4. The third-order valence-electron chi connectivity index (χ3n) is 6.09. The van der Waals surface area contributed by atoms with Crippen LogP contribution in [0.3, 0.4) is 0 Å². The zero-order valence-electron chi connectivity index (χ0n) is 18.0. The maximum atomic E-state index is 11.0. The molecule has 154 valence electrons. The van der Waals surface area contributed by atoms with Crippen molar-refractivity contribution in [3.8, 4) is 0 Å². The fourth-order valence-corrected chi connectivity index (χ4v) is 10.2. The predicted octanol–water partition coefficient (Wildman–Crippen LogP) is 5.12. The molecule has 1 aliphatic rings. The molecule has 1 aromatic carbocycles. The number of rotatable bonds is 8. The van der Waals surface area contributed by atoms with Gasteiger partial charge in [-0.25, -0.2) is 0 Å². The lowest BCUT2D eigenvalue weighted by Gasteiger charge is -2.48. The molecule has 4 atom stereocenters. The summed E-state index contributed by atoms with van der Waals surface area (Å²) in [4.78, 5) is 0. The highest BCUT2D eigenvalue weighted by Crippen LogP contribution is 2.44. The summed E-state index contributed by atoms with van der Waals surface area (Å²) in [7, 11) is -2.06. The number of hydrogen-bond acceptors (Lipinski definition) is 4. The Morgan fingerprint density at radius 3 is 2.11 bits per heavy atom. The third kappa shape index (κ3) is 5.01. The van der Waals surface area contributed by atoms with Crippen molar-refractivity contribution in [3.63, 3.8) is 0 Å². The van der Waals surface area contributed by atoms with Gasteiger partial charge in [0.05, 0.1) is 25.4 Å². The molecule has 0 bridgehead atoms. The minimum absolute atomic E-state index is 0.134. The molecule has 0 saturated carbocycles. The van der Waals surface area contributed by atoms with Crippen LogP contribution in [0.15, 0.2) is 30.3 Å². The van der Waals surface area contributed by atoms with Crippen LogP contribution in [0.5, 0.6) is 0 Å². The number of aliphatic hydroxyl groups excluding tert-OH is 1. The predicted molar refractivity (Wildman–Crippen MR) is 112 cm³/mol. The molecule has 0 spiro atoms. The summed E-state index contributed by atoms with van der Waals surface area (Å²) in [5.41, 5.74) is 2.54. The molecule has 1 fully saturated rings. The van der Waals surface area contributed by atoms with Crippen LogP contribution in [0.25, 0.3) is 0 Å². The van der Waals surface area contributed by atoms with Gasteiger partial charge in [0.2, 0.25) is 8.32 Å². The molecule has 27 heavy (non-hydrogen) atoms. The topological polar surface area (TPSA) is 47.9 Å². The van der Waals surface area contributed by atoms with E-state index in [1.807, 2.05) is 37.3 Å². The van der Waals surface area contributed by atoms with Crippen LogP contribution in [0.4, 0.5) is 0 Å². The average molecular weight is 395 g/mol. The van der Waals surface area contributed by atoms with Crippen molar-refractivity contribution >= 4 is 8.32 Å². The van der Waals surface area contributed by atoms with Crippen LogP contribution >= 0.6 is 0 Å². The van der Waals surface area contributed by atoms with Gasteiger partial charge in [-0.2, -0.15) is 0 Å². The second kappa shape index (κ2) is 9.66. The first kappa shape index (κ1) is 22.6. The molecule has 1 heterocycles. The van der Waals surface area contributed by atoms with Crippen LogP contribution < -0.4 is 0 Å². The molecular formula is C22H38O4Si. The van der Waals surface area contributed by atoms with Gasteiger partial charge in [0.25, 0.3) is 0 Å². The fraction of sp³-hybridized carbons (Fsp3) is 0.727. The molecule has 2 rings (SSSR count). The van der Waals surface area contributed by atoms with Crippen molar-refractivity contribution in [2.45, 2.75) is 90.2 Å². The summed E-state index contributed by atoms with van der Waals surface area (Å²) >= 11 is 0. The molecule has 1 saturated heterocycles. The number of benzene rings is 1. The molecule has 0 aromatic heterocycles. The summed E-state index contributed by atoms with van der Waals surface area (Å²) in [5.74, 6) is -0.134. The second-order valence-corrected chi connectivity index (χ2v) is 14.2. The van der Waals surface area contributed by atoms with Gasteiger partial charge >= 0.3 is 0 Å². The lowest BCUT2D eigenvalue weighted by Crippen LogP contribution is -2.57. The Morgan fingerprint density at radius 1 is 1.04 bits per heavy atom. The highest BCUT2D eigenvalue weighted by molar-refractivity contribution is 6.77. The maximum absolute atomic E-state index is 11.0. The van der Waals surface area contributed by atoms with Gasteiger partial charge in [-0.1, -0.05) is 78.8 Å². The molecule has 0 amide bonds. The monoisotopic (exact) mass is 394 g/mol. The molecule has 5 heteroatoms. The van der Waals surface area contributed by atoms with Crippen LogP contribution in [0.1, 0.15) is 54.0 Å². The van der Waals surface area contributed by atoms with Crippen LogP contribution in [0.2, 0.25) is 16.6 Å². The number of aliphatic hydroxyl groups is 1. The normalized spacial score (nSPS) is 26.9. The SMILES string of the molecule is CC(C)[Si](O[C@@H]1CO[C@H](OCc2ccccc2)[C@@H](C)[C@@H]1O)(C(C)C)C(C)C. The van der Waals surface area contributed by atoms with E-state index >= 15 is 0 Å². The van der Waals surface area contributed by atoms with E-state index in [2.05, 4.69) is 41.5 Å². The van der Waals surface area contributed by atoms with Crippen molar-refractivity contribution in [3.05, 3.63) is 35.9 Å². The summed E-state index contributed by atoms with van der Waals surface area (Å²) in [5, 5.41) is 11.0. The van der Waals surface area contributed by atoms with E-state index in [0.29, 0.717) is 29.8 Å². The lowest BCUT2D eigenvalue weighted by atomic mass is 9.97. The highest BCUT2D eigenvalue weighted by Gasteiger charge is 2.49. The number of hydrogen-bond donors (Lipinski definition) is 1. The molecule has 1 aromatic rings. The van der Waals surface area contributed by atoms with Crippen molar-refractivity contribution in [2.75, 3.05) is 6.61 Å². The first-order valence-corrected chi connectivity index (χ1v) is 12.5. The third-order valence-corrected chi connectivity index (χ3v) is 12.2. The summed E-state index contributed by atoms with van der Waals surface area (Å²) in [6.07, 6.45) is -1.27. The van der Waals surface area contributed by atoms with Crippen molar-refractivity contribution in [1.82, 2.24) is 0 Å². The molecule has 0 aliphatic carbocycles. The van der Waals surface area contributed by atoms with Crippen molar-refractivity contribution < 1.29 is 19.0 Å². The summed E-state index contributed by atoms with van der Waals surface area (Å²) in [6, 6.07) is 10.0. The molecule has 1 aliphatic heterocycles. The van der Waals surface area contributed by atoms with Gasteiger partial charge in [0, 0.05) is 5.92 Å². The summed E-state index contributed by atoms with van der Waals surface area (Å²) < 4.78 is 18.7. The van der Waals surface area contributed by atoms with Gasteiger partial charge in [-0.05, 0) is 22.2 Å². The Morgan fingerprint density at radius 2 is 1.59 bits per heavy atom. The smallest absolute Gasteiger partial charge is 0.201 e. The van der Waals surface area contributed by atoms with Crippen LogP contribution in [-0.2, 0) is 20.5 Å². The average Bonchev–Trinajstić information content (AvgIpc) is 2.62. The van der Waals surface area contributed by atoms with Gasteiger partial charge in [-0.15, -0.1) is 0 Å². The van der Waals surface area contributed by atoms with Gasteiger partial charge in [-0.3, -0.25) is 0 Å². The Labute approximate surface area is 166 Å². The van der Waals surface area contributed by atoms with Crippen LogP contribution in [0, 0.1) is 5.92 Å². The van der Waals surface area contributed by atoms with Crippen molar-refractivity contribution in [1.29, 1.82) is 0 Å². The van der Waals surface area contributed by atoms with E-state index in [1.165, 1.54) is 0 Å². The van der Waals surface area contributed by atoms with Crippen molar-refractivity contribution in [2.24, 2.45) is 5.92 Å². The van der Waals surface area contributed by atoms with E-state index in [-0.39, 0.29) is 12.0 Å². The maximum Gasteiger partial charge on any atom is 0.201 e.